The lowest BCUT2D eigenvalue weighted by Crippen LogP contribution is -2.06. The second-order valence-electron chi connectivity index (χ2n) is 12.1. The molecule has 2 aromatic heterocycles. The molecule has 4 nitrogen and oxygen atoms in total. The van der Waals surface area contributed by atoms with Crippen molar-refractivity contribution in [1.29, 1.82) is 0 Å². The lowest BCUT2D eigenvalue weighted by Gasteiger charge is -2.12. The average molecular weight is 599 g/mol. The highest BCUT2D eigenvalue weighted by Gasteiger charge is 2.20. The molecule has 4 heteroatoms. The predicted octanol–water partition coefficient (Wildman–Crippen LogP) is 10.9. The first kappa shape index (κ1) is 25.9. The molecule has 218 valence electrons. The van der Waals surface area contributed by atoms with Crippen LogP contribution in [0, 0.1) is 0 Å². The largest absolute Gasteiger partial charge is 0.278 e. The van der Waals surface area contributed by atoms with Crippen molar-refractivity contribution in [3.8, 4) is 28.7 Å². The number of hydrogen-bond donors (Lipinski definition) is 0. The number of rotatable bonds is 3. The summed E-state index contributed by atoms with van der Waals surface area (Å²) in [5, 5.41) is 12.2. The van der Waals surface area contributed by atoms with E-state index >= 15 is 0 Å². The Bertz CT molecular complexity index is 2850. The molecule has 0 saturated carbocycles. The van der Waals surface area contributed by atoms with Gasteiger partial charge in [-0.15, -0.1) is 0 Å². The van der Waals surface area contributed by atoms with E-state index in [-0.39, 0.29) is 0 Å². The third kappa shape index (κ3) is 3.98. The van der Waals surface area contributed by atoms with Gasteiger partial charge in [0.15, 0.2) is 11.6 Å². The summed E-state index contributed by atoms with van der Waals surface area (Å²) < 4.78 is 2.20. The van der Waals surface area contributed by atoms with Crippen LogP contribution in [0.5, 0.6) is 0 Å². The molecule has 0 N–H and O–H groups in total. The summed E-state index contributed by atoms with van der Waals surface area (Å²) >= 11 is 0. The van der Waals surface area contributed by atoms with Crippen molar-refractivity contribution >= 4 is 64.9 Å². The summed E-state index contributed by atoms with van der Waals surface area (Å²) in [5.74, 6) is 1.88. The molecule has 0 atom stereocenters. The Hall–Kier alpha value is -6.39. The van der Waals surface area contributed by atoms with E-state index in [4.69, 9.17) is 15.0 Å². The number of para-hydroxylation sites is 1. The van der Waals surface area contributed by atoms with Crippen LogP contribution in [-0.4, -0.2) is 19.5 Å². The van der Waals surface area contributed by atoms with Crippen molar-refractivity contribution in [3.63, 3.8) is 0 Å². The highest BCUT2D eigenvalue weighted by molar-refractivity contribution is 6.29. The van der Waals surface area contributed by atoms with Crippen molar-refractivity contribution in [3.05, 3.63) is 158 Å². The second kappa shape index (κ2) is 10.1. The molecule has 47 heavy (non-hydrogen) atoms. The van der Waals surface area contributed by atoms with Crippen molar-refractivity contribution in [1.82, 2.24) is 19.5 Å². The van der Waals surface area contributed by atoms with Crippen LogP contribution < -0.4 is 0 Å². The molecule has 0 aliphatic rings. The summed E-state index contributed by atoms with van der Waals surface area (Å²) in [6.07, 6.45) is 0. The summed E-state index contributed by atoms with van der Waals surface area (Å²) in [7, 11) is 0. The fourth-order valence-electron chi connectivity index (χ4n) is 7.23. The molecule has 10 rings (SSSR count). The van der Waals surface area contributed by atoms with Crippen molar-refractivity contribution in [2.45, 2.75) is 0 Å². The minimum atomic E-state index is 0.596. The van der Waals surface area contributed by atoms with Gasteiger partial charge in [-0.25, -0.2) is 4.98 Å². The highest BCUT2D eigenvalue weighted by Crippen LogP contribution is 2.40. The standard InChI is InChI=1S/C43H26N4/c1-2-12-30(13-3-1)41-44-42(32-21-18-27-10-4-5-14-31(27)26-32)46-43(45-41)47-37-17-9-8-16-36(37)40-35-23-22-29-20-19-28-11-6-7-15-33(28)39(29)34(35)24-25-38(40)47/h1-26H. The molecular weight excluding hydrogens is 573 g/mol. The number of benzene rings is 8. The summed E-state index contributed by atoms with van der Waals surface area (Å²) in [5.41, 5.74) is 4.02. The minimum Gasteiger partial charge on any atom is -0.278 e. The van der Waals surface area contributed by atoms with Gasteiger partial charge in [0.05, 0.1) is 11.0 Å². The maximum atomic E-state index is 5.19. The van der Waals surface area contributed by atoms with E-state index in [1.807, 2.05) is 18.2 Å². The number of fused-ring (bicyclic) bond motifs is 10. The molecule has 0 aliphatic heterocycles. The number of hydrogen-bond acceptors (Lipinski definition) is 3. The van der Waals surface area contributed by atoms with Gasteiger partial charge in [0, 0.05) is 21.9 Å². The Kier molecular flexibility index (Phi) is 5.54. The number of nitrogens with zero attached hydrogens (tertiary/aromatic N) is 4. The molecular formula is C43H26N4. The Labute approximate surface area is 270 Å². The zero-order chi connectivity index (χ0) is 30.9. The molecule has 0 radical (unpaired) electrons. The van der Waals surface area contributed by atoms with Crippen molar-refractivity contribution in [2.24, 2.45) is 0 Å². The van der Waals surface area contributed by atoms with Gasteiger partial charge in [-0.2, -0.15) is 9.97 Å². The zero-order valence-corrected chi connectivity index (χ0v) is 25.3. The van der Waals surface area contributed by atoms with Crippen LogP contribution in [0.3, 0.4) is 0 Å². The highest BCUT2D eigenvalue weighted by atomic mass is 15.2. The molecule has 0 spiro atoms. The van der Waals surface area contributed by atoms with Gasteiger partial charge in [-0.3, -0.25) is 4.57 Å². The molecule has 0 unspecified atom stereocenters. The molecule has 0 bridgehead atoms. The summed E-state index contributed by atoms with van der Waals surface area (Å²) in [6.45, 7) is 0. The summed E-state index contributed by atoms with van der Waals surface area (Å²) in [6, 6.07) is 55.7. The summed E-state index contributed by atoms with van der Waals surface area (Å²) in [4.78, 5) is 15.4. The van der Waals surface area contributed by atoms with Crippen LogP contribution in [0.2, 0.25) is 0 Å². The monoisotopic (exact) mass is 598 g/mol. The molecule has 0 fully saturated rings. The van der Waals surface area contributed by atoms with Crippen LogP contribution >= 0.6 is 0 Å². The molecule has 10 aromatic rings. The van der Waals surface area contributed by atoms with Gasteiger partial charge in [0.2, 0.25) is 5.95 Å². The van der Waals surface area contributed by atoms with E-state index < -0.39 is 0 Å². The fraction of sp³-hybridized carbons (Fsp3) is 0. The molecule has 2 heterocycles. The van der Waals surface area contributed by atoms with Crippen LogP contribution in [-0.2, 0) is 0 Å². The predicted molar refractivity (Wildman–Crippen MR) is 195 cm³/mol. The van der Waals surface area contributed by atoms with E-state index in [1.165, 1.54) is 48.5 Å². The second-order valence-corrected chi connectivity index (χ2v) is 12.1. The van der Waals surface area contributed by atoms with Gasteiger partial charge in [-0.1, -0.05) is 140 Å². The van der Waals surface area contributed by atoms with E-state index in [0.29, 0.717) is 17.6 Å². The Morgan fingerprint density at radius 2 is 0.957 bits per heavy atom. The topological polar surface area (TPSA) is 43.6 Å². The molecule has 0 saturated heterocycles. The molecule has 0 amide bonds. The minimum absolute atomic E-state index is 0.596. The smallest absolute Gasteiger partial charge is 0.238 e. The Morgan fingerprint density at radius 3 is 1.83 bits per heavy atom. The van der Waals surface area contributed by atoms with E-state index in [0.717, 1.165) is 27.5 Å². The average Bonchev–Trinajstić information content (AvgIpc) is 3.49. The van der Waals surface area contributed by atoms with Gasteiger partial charge in [-0.05, 0) is 61.3 Å². The van der Waals surface area contributed by atoms with Crippen LogP contribution in [0.1, 0.15) is 0 Å². The first-order valence-corrected chi connectivity index (χ1v) is 15.9. The third-order valence-electron chi connectivity index (χ3n) is 9.40. The third-order valence-corrected chi connectivity index (χ3v) is 9.40. The molecule has 0 aliphatic carbocycles. The lowest BCUT2D eigenvalue weighted by molar-refractivity contribution is 0.954. The maximum absolute atomic E-state index is 5.19. The van der Waals surface area contributed by atoms with Gasteiger partial charge in [0.25, 0.3) is 0 Å². The quantitative estimate of drug-likeness (QED) is 0.190. The van der Waals surface area contributed by atoms with Gasteiger partial charge in [0.1, 0.15) is 0 Å². The van der Waals surface area contributed by atoms with Crippen molar-refractivity contribution < 1.29 is 0 Å². The maximum Gasteiger partial charge on any atom is 0.238 e. The lowest BCUT2D eigenvalue weighted by atomic mass is 9.94. The van der Waals surface area contributed by atoms with E-state index in [1.54, 1.807) is 0 Å². The molecule has 8 aromatic carbocycles. The van der Waals surface area contributed by atoms with Crippen molar-refractivity contribution in [2.75, 3.05) is 0 Å². The Morgan fingerprint density at radius 1 is 0.340 bits per heavy atom. The van der Waals surface area contributed by atoms with Crippen LogP contribution in [0.15, 0.2) is 158 Å². The van der Waals surface area contributed by atoms with Crippen LogP contribution in [0.25, 0.3) is 93.6 Å². The van der Waals surface area contributed by atoms with E-state index in [9.17, 15) is 0 Å². The van der Waals surface area contributed by atoms with Crippen LogP contribution in [0.4, 0.5) is 0 Å². The fourth-order valence-corrected chi connectivity index (χ4v) is 7.23. The van der Waals surface area contributed by atoms with Gasteiger partial charge < -0.3 is 0 Å². The first-order valence-electron chi connectivity index (χ1n) is 15.9. The number of aromatic nitrogens is 4. The Balaban J connectivity index is 1.29. The normalized spacial score (nSPS) is 11.8. The zero-order valence-electron chi connectivity index (χ0n) is 25.3. The van der Waals surface area contributed by atoms with E-state index in [2.05, 4.69) is 144 Å². The first-order chi connectivity index (χ1) is 23.3. The SMILES string of the molecule is c1ccc(-c2nc(-c3ccc4ccccc4c3)nc(-n3c4ccccc4c4c5ccc6ccc7ccccc7c6c5ccc43)n2)cc1. The van der Waals surface area contributed by atoms with Gasteiger partial charge >= 0.3 is 0 Å².